The minimum absolute atomic E-state index is 0.0295. The van der Waals surface area contributed by atoms with Crippen LogP contribution in [0.25, 0.3) is 0 Å². The van der Waals surface area contributed by atoms with E-state index in [0.717, 1.165) is 16.4 Å². The lowest BCUT2D eigenvalue weighted by Gasteiger charge is -2.31. The van der Waals surface area contributed by atoms with E-state index in [1.54, 1.807) is 6.92 Å². The Kier molecular flexibility index (Phi) is 11.1. The van der Waals surface area contributed by atoms with Crippen LogP contribution in [0.2, 0.25) is 0 Å². The molecule has 43 heavy (non-hydrogen) atoms. The summed E-state index contributed by atoms with van der Waals surface area (Å²) in [7, 11) is -4.12. The lowest BCUT2D eigenvalue weighted by atomic mass is 10.0. The van der Waals surface area contributed by atoms with E-state index in [9.17, 15) is 32.2 Å². The fourth-order valence-electron chi connectivity index (χ4n) is 5.29. The number of rotatable bonds is 13. The number of halogens is 2. The number of aliphatic hydroxyl groups is 2. The first kappa shape index (κ1) is 33.2. The number of nitrogens with one attached hydrogen (secondary N) is 1. The van der Waals surface area contributed by atoms with Crippen molar-refractivity contribution in [2.45, 2.75) is 75.6 Å². The maximum absolute atomic E-state index is 14.0. The third-order valence-electron chi connectivity index (χ3n) is 7.99. The molecule has 2 saturated heterocycles. The smallest absolute Gasteiger partial charge is 0.407 e. The van der Waals surface area contributed by atoms with Crippen molar-refractivity contribution in [2.75, 3.05) is 26.3 Å². The quantitative estimate of drug-likeness (QED) is 0.308. The first-order valence-corrected chi connectivity index (χ1v) is 15.9. The van der Waals surface area contributed by atoms with Crippen molar-refractivity contribution in [2.24, 2.45) is 11.8 Å². The summed E-state index contributed by atoms with van der Waals surface area (Å²) < 4.78 is 73.2. The molecule has 10 nitrogen and oxygen atoms in total. The molecule has 2 aromatic carbocycles. The predicted molar refractivity (Wildman–Crippen MR) is 152 cm³/mol. The van der Waals surface area contributed by atoms with E-state index >= 15 is 0 Å². The van der Waals surface area contributed by atoms with Crippen molar-refractivity contribution in [3.63, 3.8) is 0 Å². The van der Waals surface area contributed by atoms with E-state index in [1.807, 2.05) is 13.8 Å². The molecular formula is C30H40F2N2O8S. The van der Waals surface area contributed by atoms with E-state index in [-0.39, 0.29) is 41.9 Å². The molecule has 0 aromatic heterocycles. The van der Waals surface area contributed by atoms with Gasteiger partial charge in [0.05, 0.1) is 42.3 Å². The fourth-order valence-corrected chi connectivity index (χ4v) is 6.87. The number of nitrogens with zero attached hydrogens (tertiary/aromatic N) is 1. The molecule has 1 amide bonds. The first-order chi connectivity index (χ1) is 20.4. The summed E-state index contributed by atoms with van der Waals surface area (Å²) in [6, 6.07) is 7.51. The van der Waals surface area contributed by atoms with Gasteiger partial charge in [0, 0.05) is 19.2 Å². The lowest BCUT2D eigenvalue weighted by Crippen LogP contribution is -2.51. The number of alkyl carbamates (subject to hydrolysis) is 1. The van der Waals surface area contributed by atoms with Crippen LogP contribution in [-0.4, -0.2) is 79.9 Å². The normalized spacial score (nSPS) is 23.0. The molecule has 7 atom stereocenters. The number of carbonyl (C=O) groups excluding carboxylic acids is 1. The second-order valence-corrected chi connectivity index (χ2v) is 13.3. The Labute approximate surface area is 251 Å². The van der Waals surface area contributed by atoms with Crippen LogP contribution in [0.3, 0.4) is 0 Å². The van der Waals surface area contributed by atoms with Crippen LogP contribution in [0.5, 0.6) is 0 Å². The number of hydrogen-bond acceptors (Lipinski definition) is 8. The van der Waals surface area contributed by atoms with Crippen molar-refractivity contribution in [1.82, 2.24) is 9.62 Å². The van der Waals surface area contributed by atoms with Crippen molar-refractivity contribution >= 4 is 16.1 Å². The molecule has 0 bridgehead atoms. The maximum atomic E-state index is 14.0. The third-order valence-corrected chi connectivity index (χ3v) is 9.84. The maximum Gasteiger partial charge on any atom is 0.407 e. The molecule has 2 heterocycles. The van der Waals surface area contributed by atoms with Crippen LogP contribution in [0.1, 0.15) is 50.8 Å². The van der Waals surface area contributed by atoms with Gasteiger partial charge in [-0.25, -0.2) is 22.0 Å². The minimum atomic E-state index is -4.12. The number of aliphatic hydroxyl groups excluding tert-OH is 2. The van der Waals surface area contributed by atoms with Crippen molar-refractivity contribution in [3.8, 4) is 0 Å². The highest BCUT2D eigenvalue weighted by Crippen LogP contribution is 2.33. The average molecular weight is 627 g/mol. The Morgan fingerprint density at radius 1 is 1.09 bits per heavy atom. The second-order valence-electron chi connectivity index (χ2n) is 11.3. The fraction of sp³-hybridized carbons (Fsp3) is 0.567. The zero-order valence-corrected chi connectivity index (χ0v) is 25.3. The second kappa shape index (κ2) is 14.4. The van der Waals surface area contributed by atoms with Crippen molar-refractivity contribution in [1.29, 1.82) is 0 Å². The van der Waals surface area contributed by atoms with E-state index in [2.05, 4.69) is 5.32 Å². The molecule has 3 N–H and O–H groups in total. The summed E-state index contributed by atoms with van der Waals surface area (Å²) in [5.41, 5.74) is 0.695. The summed E-state index contributed by atoms with van der Waals surface area (Å²) in [6.07, 6.45) is -3.08. The molecule has 2 aromatic rings. The molecule has 2 aliphatic rings. The van der Waals surface area contributed by atoms with E-state index in [0.29, 0.717) is 31.1 Å². The number of ether oxygens (including phenoxy) is 3. The van der Waals surface area contributed by atoms with Gasteiger partial charge in [-0.15, -0.1) is 0 Å². The molecule has 238 valence electrons. The molecule has 2 fully saturated rings. The highest BCUT2D eigenvalue weighted by molar-refractivity contribution is 7.89. The van der Waals surface area contributed by atoms with Crippen LogP contribution in [0.4, 0.5) is 13.6 Å². The van der Waals surface area contributed by atoms with Gasteiger partial charge in [0.1, 0.15) is 17.7 Å². The van der Waals surface area contributed by atoms with Gasteiger partial charge in [-0.2, -0.15) is 4.31 Å². The van der Waals surface area contributed by atoms with Gasteiger partial charge in [0.2, 0.25) is 10.0 Å². The summed E-state index contributed by atoms with van der Waals surface area (Å²) in [5.74, 6) is -1.87. The average Bonchev–Trinajstić information content (AvgIpc) is 3.57. The number of hydrogen-bond donors (Lipinski definition) is 3. The van der Waals surface area contributed by atoms with Crippen LogP contribution in [0.15, 0.2) is 47.4 Å². The molecule has 0 saturated carbocycles. The van der Waals surface area contributed by atoms with E-state index in [1.165, 1.54) is 24.3 Å². The number of carbonyl (C=O) groups is 1. The number of amides is 1. The topological polar surface area (TPSA) is 135 Å². The lowest BCUT2D eigenvalue weighted by molar-refractivity contribution is -0.0907. The van der Waals surface area contributed by atoms with Crippen LogP contribution < -0.4 is 5.32 Å². The summed E-state index contributed by atoms with van der Waals surface area (Å²) in [5, 5.41) is 23.8. The minimum Gasteiger partial charge on any atom is -0.443 e. The monoisotopic (exact) mass is 626 g/mol. The molecule has 2 aliphatic heterocycles. The highest BCUT2D eigenvalue weighted by atomic mass is 32.2. The van der Waals surface area contributed by atoms with E-state index in [4.69, 9.17) is 14.2 Å². The Bertz CT molecular complexity index is 1320. The molecule has 0 unspecified atom stereocenters. The number of fused-ring (bicyclic) bond motifs is 1. The Balaban J connectivity index is 1.57. The van der Waals surface area contributed by atoms with Crippen LogP contribution >= 0.6 is 0 Å². The standard InChI is InChI=1S/C30H40F2N2O8S/c1-4-18(2)15-34(43(38,39)24-7-5-21(6-8-24)19(3)35)16-27(36)26(13-20-11-22(31)14-23(32)12-20)33-30(37)42-28-17-41-29-25(28)9-10-40-29/h5-8,11-12,14,18-19,25-29,35-36H,4,9-10,13,15-17H2,1-3H3,(H,33,37)/t18-,19+,25-,26-,27+,28-,29+/m0/s1. The van der Waals surface area contributed by atoms with Gasteiger partial charge in [0.25, 0.3) is 0 Å². The molecular weight excluding hydrogens is 586 g/mol. The molecule has 0 aliphatic carbocycles. The SMILES string of the molecule is CC[C@H](C)CN(C[C@@H](O)[C@H](Cc1cc(F)cc(F)c1)NC(=O)O[C@H]1CO[C@H]2OCC[C@H]21)S(=O)(=O)c1ccc([C@@H](C)O)cc1. The Hall–Kier alpha value is -2.68. The molecule has 13 heteroatoms. The van der Waals surface area contributed by atoms with E-state index < -0.39 is 64.9 Å². The van der Waals surface area contributed by atoms with Gasteiger partial charge in [-0.1, -0.05) is 32.4 Å². The van der Waals surface area contributed by atoms with Gasteiger partial charge < -0.3 is 29.7 Å². The van der Waals surface area contributed by atoms with Crippen molar-refractivity contribution in [3.05, 3.63) is 65.2 Å². The summed E-state index contributed by atoms with van der Waals surface area (Å²) in [4.78, 5) is 13.0. The molecule has 0 radical (unpaired) electrons. The highest BCUT2D eigenvalue weighted by Gasteiger charge is 2.44. The van der Waals surface area contributed by atoms with Gasteiger partial charge in [-0.3, -0.25) is 0 Å². The van der Waals surface area contributed by atoms with Gasteiger partial charge in [0.15, 0.2) is 6.29 Å². The largest absolute Gasteiger partial charge is 0.443 e. The Morgan fingerprint density at radius 3 is 2.40 bits per heavy atom. The summed E-state index contributed by atoms with van der Waals surface area (Å²) in [6.45, 7) is 5.62. The van der Waals surface area contributed by atoms with Crippen LogP contribution in [0, 0.1) is 23.5 Å². The number of sulfonamides is 1. The Morgan fingerprint density at radius 2 is 1.77 bits per heavy atom. The van der Waals surface area contributed by atoms with Gasteiger partial charge in [-0.05, 0) is 61.1 Å². The van der Waals surface area contributed by atoms with Crippen LogP contribution in [-0.2, 0) is 30.7 Å². The zero-order chi connectivity index (χ0) is 31.3. The first-order valence-electron chi connectivity index (χ1n) is 14.5. The molecule has 0 spiro atoms. The zero-order valence-electron chi connectivity index (χ0n) is 24.5. The number of benzene rings is 2. The van der Waals surface area contributed by atoms with Gasteiger partial charge >= 0.3 is 6.09 Å². The third kappa shape index (κ3) is 8.49. The van der Waals surface area contributed by atoms with Crippen molar-refractivity contribution < 1.29 is 46.4 Å². The summed E-state index contributed by atoms with van der Waals surface area (Å²) >= 11 is 0. The predicted octanol–water partition coefficient (Wildman–Crippen LogP) is 3.51. The molecule has 4 rings (SSSR count).